The van der Waals surface area contributed by atoms with Gasteiger partial charge in [-0.25, -0.2) is 0 Å². The van der Waals surface area contributed by atoms with Gasteiger partial charge < -0.3 is 10.0 Å². The fourth-order valence-corrected chi connectivity index (χ4v) is 3.29. The molecule has 18 heavy (non-hydrogen) atoms. The van der Waals surface area contributed by atoms with Crippen LogP contribution in [0.5, 0.6) is 0 Å². The highest BCUT2D eigenvalue weighted by atomic mass is 16.3. The van der Waals surface area contributed by atoms with Gasteiger partial charge in [0.15, 0.2) is 0 Å². The van der Waals surface area contributed by atoms with E-state index in [1.165, 1.54) is 25.7 Å². The van der Waals surface area contributed by atoms with E-state index in [0.717, 1.165) is 19.4 Å². The van der Waals surface area contributed by atoms with E-state index in [4.69, 9.17) is 0 Å². The molecule has 1 unspecified atom stereocenters. The van der Waals surface area contributed by atoms with Crippen LogP contribution in [0.1, 0.15) is 52.4 Å². The normalized spacial score (nSPS) is 30.3. The maximum absolute atomic E-state index is 12.4. The summed E-state index contributed by atoms with van der Waals surface area (Å²) in [6, 6.07) is -0.0348. The first-order valence-electron chi connectivity index (χ1n) is 7.22. The van der Waals surface area contributed by atoms with E-state index in [9.17, 15) is 9.90 Å². The number of hydrogen-bond acceptors (Lipinski definition) is 3. The van der Waals surface area contributed by atoms with Crippen molar-refractivity contribution in [3.8, 4) is 0 Å². The van der Waals surface area contributed by atoms with E-state index in [1.54, 1.807) is 0 Å². The van der Waals surface area contributed by atoms with Crippen LogP contribution in [0.4, 0.5) is 0 Å². The van der Waals surface area contributed by atoms with E-state index in [0.29, 0.717) is 6.04 Å². The summed E-state index contributed by atoms with van der Waals surface area (Å²) in [5.41, 5.74) is -0.104. The number of carbonyl (C=O) groups excluding carboxylic acids is 1. The zero-order valence-corrected chi connectivity index (χ0v) is 11.6. The van der Waals surface area contributed by atoms with E-state index in [2.05, 4.69) is 19.2 Å². The quantitative estimate of drug-likeness (QED) is 0.730. The lowest BCUT2D eigenvalue weighted by atomic mass is 9.94. The fraction of sp³-hybridized carbons (Fsp3) is 0.929. The number of carbonyl (C=O) groups is 1. The van der Waals surface area contributed by atoms with Crippen molar-refractivity contribution in [1.29, 1.82) is 0 Å². The van der Waals surface area contributed by atoms with Gasteiger partial charge in [0.1, 0.15) is 6.04 Å². The van der Waals surface area contributed by atoms with Gasteiger partial charge in [-0.1, -0.05) is 25.7 Å². The SMILES string of the molecule is CC1(C)CN(C2CCCCCC2)C(=O)C(CO)N1. The summed E-state index contributed by atoms with van der Waals surface area (Å²) in [6.07, 6.45) is 7.30. The lowest BCUT2D eigenvalue weighted by molar-refractivity contribution is -0.143. The maximum Gasteiger partial charge on any atom is 0.242 e. The third kappa shape index (κ3) is 3.04. The monoisotopic (exact) mass is 254 g/mol. The lowest BCUT2D eigenvalue weighted by Crippen LogP contribution is -2.67. The van der Waals surface area contributed by atoms with Gasteiger partial charge in [-0.05, 0) is 26.7 Å². The van der Waals surface area contributed by atoms with Crippen LogP contribution in [-0.2, 0) is 4.79 Å². The second kappa shape index (κ2) is 5.57. The highest BCUT2D eigenvalue weighted by Crippen LogP contribution is 2.26. The van der Waals surface area contributed by atoms with Crippen LogP contribution in [0.3, 0.4) is 0 Å². The minimum atomic E-state index is -0.419. The second-order valence-corrected chi connectivity index (χ2v) is 6.37. The predicted octanol–water partition coefficient (Wildman–Crippen LogP) is 1.28. The van der Waals surface area contributed by atoms with Crippen LogP contribution >= 0.6 is 0 Å². The minimum Gasteiger partial charge on any atom is -0.394 e. The number of rotatable bonds is 2. The van der Waals surface area contributed by atoms with Crippen molar-refractivity contribution in [3.05, 3.63) is 0 Å². The third-order valence-corrected chi connectivity index (χ3v) is 4.16. The van der Waals surface area contributed by atoms with Gasteiger partial charge in [0.25, 0.3) is 0 Å². The Bertz CT molecular complexity index is 296. The summed E-state index contributed by atoms with van der Waals surface area (Å²) in [7, 11) is 0. The van der Waals surface area contributed by atoms with Gasteiger partial charge >= 0.3 is 0 Å². The summed E-state index contributed by atoms with van der Waals surface area (Å²) in [6.45, 7) is 4.86. The van der Waals surface area contributed by atoms with Crippen LogP contribution in [0.2, 0.25) is 0 Å². The number of amides is 1. The molecule has 0 spiro atoms. The maximum atomic E-state index is 12.4. The molecule has 1 aliphatic carbocycles. The van der Waals surface area contributed by atoms with Gasteiger partial charge in [0, 0.05) is 18.1 Å². The number of piperazine rings is 1. The molecule has 2 rings (SSSR count). The summed E-state index contributed by atoms with van der Waals surface area (Å²) < 4.78 is 0. The first kappa shape index (κ1) is 13.8. The van der Waals surface area contributed by atoms with Crippen molar-refractivity contribution < 1.29 is 9.90 Å². The standard InChI is InChI=1S/C14H26N2O2/c1-14(2)10-16(13(18)12(9-17)15-14)11-7-5-3-4-6-8-11/h11-12,15,17H,3-10H2,1-2H3. The lowest BCUT2D eigenvalue weighted by Gasteiger charge is -2.46. The summed E-state index contributed by atoms with van der Waals surface area (Å²) >= 11 is 0. The number of hydrogen-bond donors (Lipinski definition) is 2. The second-order valence-electron chi connectivity index (χ2n) is 6.37. The van der Waals surface area contributed by atoms with Crippen LogP contribution < -0.4 is 5.32 Å². The molecule has 0 aromatic rings. The van der Waals surface area contributed by atoms with Crippen molar-refractivity contribution >= 4 is 5.91 Å². The van der Waals surface area contributed by atoms with Crippen molar-refractivity contribution in [3.63, 3.8) is 0 Å². The largest absolute Gasteiger partial charge is 0.394 e. The number of aliphatic hydroxyl groups excluding tert-OH is 1. The van der Waals surface area contributed by atoms with Gasteiger partial charge in [0.2, 0.25) is 5.91 Å². The molecule has 0 bridgehead atoms. The Kier molecular flexibility index (Phi) is 4.28. The highest BCUT2D eigenvalue weighted by molar-refractivity contribution is 5.83. The Morgan fingerprint density at radius 2 is 1.89 bits per heavy atom. The van der Waals surface area contributed by atoms with Crippen molar-refractivity contribution in [1.82, 2.24) is 10.2 Å². The molecule has 104 valence electrons. The first-order chi connectivity index (χ1) is 8.53. The molecule has 4 heteroatoms. The van der Waals surface area contributed by atoms with E-state index < -0.39 is 6.04 Å². The topological polar surface area (TPSA) is 52.6 Å². The Balaban J connectivity index is 2.10. The summed E-state index contributed by atoms with van der Waals surface area (Å²) in [4.78, 5) is 14.4. The highest BCUT2D eigenvalue weighted by Gasteiger charge is 2.40. The van der Waals surface area contributed by atoms with Gasteiger partial charge in [-0.2, -0.15) is 0 Å². The summed E-state index contributed by atoms with van der Waals surface area (Å²) in [5, 5.41) is 12.6. The Hall–Kier alpha value is -0.610. The predicted molar refractivity (Wildman–Crippen MR) is 71.3 cm³/mol. The zero-order chi connectivity index (χ0) is 13.2. The molecule has 2 aliphatic rings. The van der Waals surface area contributed by atoms with Gasteiger partial charge in [-0.3, -0.25) is 10.1 Å². The number of nitrogens with zero attached hydrogens (tertiary/aromatic N) is 1. The zero-order valence-electron chi connectivity index (χ0n) is 11.6. The Morgan fingerprint density at radius 1 is 1.28 bits per heavy atom. The van der Waals surface area contributed by atoms with Crippen LogP contribution in [-0.4, -0.2) is 46.7 Å². The number of nitrogens with one attached hydrogen (secondary N) is 1. The smallest absolute Gasteiger partial charge is 0.242 e. The minimum absolute atomic E-state index is 0.0868. The third-order valence-electron chi connectivity index (χ3n) is 4.16. The summed E-state index contributed by atoms with van der Waals surface area (Å²) in [5.74, 6) is 0.0868. The molecule has 1 heterocycles. The molecule has 4 nitrogen and oxygen atoms in total. The van der Waals surface area contributed by atoms with Crippen molar-refractivity contribution in [2.75, 3.05) is 13.2 Å². The fourth-order valence-electron chi connectivity index (χ4n) is 3.29. The molecule has 1 atom stereocenters. The number of aliphatic hydroxyl groups is 1. The van der Waals surface area contributed by atoms with E-state index in [1.807, 2.05) is 4.90 Å². The van der Waals surface area contributed by atoms with E-state index >= 15 is 0 Å². The average Bonchev–Trinajstić information content (AvgIpc) is 2.60. The molecule has 1 saturated carbocycles. The Labute approximate surface area is 110 Å². The van der Waals surface area contributed by atoms with Gasteiger partial charge in [-0.15, -0.1) is 0 Å². The van der Waals surface area contributed by atoms with Crippen LogP contribution in [0, 0.1) is 0 Å². The van der Waals surface area contributed by atoms with Gasteiger partial charge in [0.05, 0.1) is 6.61 Å². The molecule has 2 N–H and O–H groups in total. The first-order valence-corrected chi connectivity index (χ1v) is 7.22. The average molecular weight is 254 g/mol. The Morgan fingerprint density at radius 3 is 2.44 bits per heavy atom. The molecule has 1 saturated heterocycles. The van der Waals surface area contributed by atoms with E-state index in [-0.39, 0.29) is 18.1 Å². The molecule has 0 aromatic heterocycles. The van der Waals surface area contributed by atoms with Crippen molar-refractivity contribution in [2.24, 2.45) is 0 Å². The van der Waals surface area contributed by atoms with Crippen LogP contribution in [0.15, 0.2) is 0 Å². The molecule has 0 aromatic carbocycles. The molecule has 1 aliphatic heterocycles. The van der Waals surface area contributed by atoms with Crippen molar-refractivity contribution in [2.45, 2.75) is 70.0 Å². The molecular weight excluding hydrogens is 228 g/mol. The van der Waals surface area contributed by atoms with Crippen LogP contribution in [0.25, 0.3) is 0 Å². The molecule has 1 amide bonds. The molecule has 0 radical (unpaired) electrons. The molecule has 2 fully saturated rings. The molecular formula is C14H26N2O2.